The van der Waals surface area contributed by atoms with Gasteiger partial charge in [0.1, 0.15) is 0 Å². The summed E-state index contributed by atoms with van der Waals surface area (Å²) in [6, 6.07) is 15.7. The van der Waals surface area contributed by atoms with E-state index in [4.69, 9.17) is 11.6 Å². The summed E-state index contributed by atoms with van der Waals surface area (Å²) >= 11 is 6.16. The number of halogens is 1. The van der Waals surface area contributed by atoms with Crippen molar-refractivity contribution in [3.05, 3.63) is 64.8 Å². The standard InChI is InChI=1S/C28H33ClN4O2/c1-19-27-23(16-28(2,3)17-25(27)34)30-22-9-4-5-10-24(22)33(19)18-26(35)32-13-11-31(12-14-32)21-8-6-7-20(29)15-21/h4-10,15,19,30H,11-14,16-18H2,1-3H3. The molecule has 1 unspecified atom stereocenters. The van der Waals surface area contributed by atoms with Gasteiger partial charge < -0.3 is 20.0 Å². The number of amides is 1. The lowest BCUT2D eigenvalue weighted by Gasteiger charge is -2.39. The van der Waals surface area contributed by atoms with Crippen LogP contribution < -0.4 is 15.1 Å². The van der Waals surface area contributed by atoms with Gasteiger partial charge in [-0.2, -0.15) is 0 Å². The van der Waals surface area contributed by atoms with Gasteiger partial charge in [0.15, 0.2) is 5.78 Å². The smallest absolute Gasteiger partial charge is 0.242 e. The van der Waals surface area contributed by atoms with E-state index < -0.39 is 0 Å². The molecule has 184 valence electrons. The zero-order valence-electron chi connectivity index (χ0n) is 20.7. The quantitative estimate of drug-likeness (QED) is 0.656. The van der Waals surface area contributed by atoms with Crippen molar-refractivity contribution < 1.29 is 9.59 Å². The number of ketones is 1. The number of benzene rings is 2. The number of piperazine rings is 1. The Balaban J connectivity index is 1.35. The second-order valence-corrected chi connectivity index (χ2v) is 11.1. The van der Waals surface area contributed by atoms with Crippen molar-refractivity contribution in [3.63, 3.8) is 0 Å². The van der Waals surface area contributed by atoms with Crippen LogP contribution in [0.5, 0.6) is 0 Å². The average Bonchev–Trinajstić information content (AvgIpc) is 2.92. The number of carbonyl (C=O) groups is 2. The number of allylic oxidation sites excluding steroid dienone is 1. The highest BCUT2D eigenvalue weighted by Gasteiger charge is 2.39. The van der Waals surface area contributed by atoms with E-state index >= 15 is 0 Å². The monoisotopic (exact) mass is 492 g/mol. The summed E-state index contributed by atoms with van der Waals surface area (Å²) < 4.78 is 0. The second-order valence-electron chi connectivity index (χ2n) is 10.6. The Hall–Kier alpha value is -2.99. The van der Waals surface area contributed by atoms with Gasteiger partial charge in [0.25, 0.3) is 0 Å². The highest BCUT2D eigenvalue weighted by molar-refractivity contribution is 6.30. The van der Waals surface area contributed by atoms with Crippen LogP contribution in [-0.4, -0.2) is 55.4 Å². The summed E-state index contributed by atoms with van der Waals surface area (Å²) in [5.41, 5.74) is 4.74. The van der Waals surface area contributed by atoms with E-state index in [1.165, 1.54) is 0 Å². The number of nitrogens with zero attached hydrogens (tertiary/aromatic N) is 3. The zero-order chi connectivity index (χ0) is 24.7. The minimum atomic E-state index is -0.179. The minimum Gasteiger partial charge on any atom is -0.368 e. The summed E-state index contributed by atoms with van der Waals surface area (Å²) in [5.74, 6) is 0.265. The van der Waals surface area contributed by atoms with Gasteiger partial charge in [0.2, 0.25) is 5.91 Å². The van der Waals surface area contributed by atoms with Crippen molar-refractivity contribution in [3.8, 4) is 0 Å². The van der Waals surface area contributed by atoms with Gasteiger partial charge in [-0.3, -0.25) is 9.59 Å². The topological polar surface area (TPSA) is 55.9 Å². The van der Waals surface area contributed by atoms with E-state index in [0.29, 0.717) is 19.5 Å². The number of rotatable bonds is 3. The third kappa shape index (κ3) is 4.76. The Kier molecular flexibility index (Phi) is 6.26. The molecule has 2 aromatic rings. The van der Waals surface area contributed by atoms with Crippen molar-refractivity contribution in [1.29, 1.82) is 0 Å². The van der Waals surface area contributed by atoms with Crippen molar-refractivity contribution in [2.45, 2.75) is 39.7 Å². The number of hydrogen-bond donors (Lipinski definition) is 1. The van der Waals surface area contributed by atoms with E-state index in [2.05, 4.69) is 42.0 Å². The summed E-state index contributed by atoms with van der Waals surface area (Å²) in [6.45, 7) is 9.43. The molecule has 7 heteroatoms. The first-order valence-corrected chi connectivity index (χ1v) is 12.8. The first-order valence-electron chi connectivity index (χ1n) is 12.4. The number of para-hydroxylation sites is 2. The normalized spacial score (nSPS) is 21.8. The fourth-order valence-electron chi connectivity index (χ4n) is 5.64. The third-order valence-electron chi connectivity index (χ3n) is 7.42. The fraction of sp³-hybridized carbons (Fsp3) is 0.429. The minimum absolute atomic E-state index is 0.0781. The summed E-state index contributed by atoms with van der Waals surface area (Å²) in [6.07, 6.45) is 1.35. The maximum absolute atomic E-state index is 13.5. The maximum Gasteiger partial charge on any atom is 0.242 e. The Morgan fingerprint density at radius 1 is 1.06 bits per heavy atom. The van der Waals surface area contributed by atoms with E-state index in [1.54, 1.807) is 0 Å². The summed E-state index contributed by atoms with van der Waals surface area (Å²) in [7, 11) is 0. The number of Topliss-reactive ketones (excluding diaryl/α,β-unsaturated/α-hetero) is 1. The molecule has 0 radical (unpaired) electrons. The summed E-state index contributed by atoms with van der Waals surface area (Å²) in [5, 5.41) is 4.28. The molecule has 2 heterocycles. The number of anilines is 3. The molecule has 3 aliphatic rings. The lowest BCUT2D eigenvalue weighted by atomic mass is 9.74. The molecular weight excluding hydrogens is 460 g/mol. The van der Waals surface area contributed by atoms with Crippen LogP contribution >= 0.6 is 11.6 Å². The molecule has 0 saturated carbocycles. The number of hydrogen-bond acceptors (Lipinski definition) is 5. The van der Waals surface area contributed by atoms with Crippen LogP contribution in [-0.2, 0) is 9.59 Å². The van der Waals surface area contributed by atoms with Crippen LogP contribution in [0.15, 0.2) is 59.8 Å². The molecule has 0 spiro atoms. The molecule has 1 amide bonds. The maximum atomic E-state index is 13.5. The van der Waals surface area contributed by atoms with Crippen molar-refractivity contribution >= 4 is 40.4 Å². The number of carbonyl (C=O) groups excluding carboxylic acids is 2. The van der Waals surface area contributed by atoms with Gasteiger partial charge in [-0.05, 0) is 49.1 Å². The number of fused-ring (bicyclic) bond motifs is 1. The molecule has 2 aliphatic heterocycles. The molecule has 2 aromatic carbocycles. The first-order chi connectivity index (χ1) is 16.7. The third-order valence-corrected chi connectivity index (χ3v) is 7.65. The van der Waals surface area contributed by atoms with Crippen molar-refractivity contribution in [2.24, 2.45) is 5.41 Å². The molecule has 6 nitrogen and oxygen atoms in total. The van der Waals surface area contributed by atoms with Crippen LogP contribution in [0, 0.1) is 5.41 Å². The number of nitrogens with one attached hydrogen (secondary N) is 1. The van der Waals surface area contributed by atoms with Gasteiger partial charge in [-0.1, -0.05) is 43.6 Å². The molecule has 1 aliphatic carbocycles. The molecular formula is C28H33ClN4O2. The van der Waals surface area contributed by atoms with Gasteiger partial charge in [-0.15, -0.1) is 0 Å². The molecule has 1 saturated heterocycles. The molecule has 1 atom stereocenters. The van der Waals surface area contributed by atoms with Gasteiger partial charge in [-0.25, -0.2) is 0 Å². The van der Waals surface area contributed by atoms with Crippen LogP contribution in [0.4, 0.5) is 17.1 Å². The highest BCUT2D eigenvalue weighted by atomic mass is 35.5. The zero-order valence-corrected chi connectivity index (χ0v) is 21.4. The average molecular weight is 493 g/mol. The molecule has 5 rings (SSSR count). The van der Waals surface area contributed by atoms with E-state index in [9.17, 15) is 9.59 Å². The highest BCUT2D eigenvalue weighted by Crippen LogP contribution is 2.43. The first kappa shape index (κ1) is 23.7. The van der Waals surface area contributed by atoms with Crippen LogP contribution in [0.3, 0.4) is 0 Å². The van der Waals surface area contributed by atoms with Gasteiger partial charge >= 0.3 is 0 Å². The molecule has 35 heavy (non-hydrogen) atoms. The van der Waals surface area contributed by atoms with Crippen LogP contribution in [0.2, 0.25) is 5.02 Å². The molecule has 0 bridgehead atoms. The van der Waals surface area contributed by atoms with Crippen LogP contribution in [0.25, 0.3) is 0 Å². The molecule has 1 N–H and O–H groups in total. The molecule has 1 fully saturated rings. The Bertz CT molecular complexity index is 1180. The van der Waals surface area contributed by atoms with Crippen molar-refractivity contribution in [2.75, 3.05) is 47.8 Å². The second kappa shape index (κ2) is 9.23. The Morgan fingerprint density at radius 2 is 1.80 bits per heavy atom. The van der Waals surface area contributed by atoms with Crippen LogP contribution in [0.1, 0.15) is 33.6 Å². The van der Waals surface area contributed by atoms with Gasteiger partial charge in [0, 0.05) is 54.6 Å². The van der Waals surface area contributed by atoms with Crippen molar-refractivity contribution in [1.82, 2.24) is 4.90 Å². The fourth-order valence-corrected chi connectivity index (χ4v) is 5.83. The SMILES string of the molecule is CC1C2=C(CC(C)(C)CC2=O)Nc2ccccc2N1CC(=O)N1CCN(c2cccc(Cl)c2)CC1. The largest absolute Gasteiger partial charge is 0.368 e. The predicted octanol–water partition coefficient (Wildman–Crippen LogP) is 4.95. The Morgan fingerprint density at radius 3 is 2.54 bits per heavy atom. The summed E-state index contributed by atoms with van der Waals surface area (Å²) in [4.78, 5) is 33.1. The predicted molar refractivity (Wildman–Crippen MR) is 142 cm³/mol. The van der Waals surface area contributed by atoms with Gasteiger partial charge in [0.05, 0.1) is 24.0 Å². The lowest BCUT2D eigenvalue weighted by molar-refractivity contribution is -0.130. The lowest BCUT2D eigenvalue weighted by Crippen LogP contribution is -2.52. The Labute approximate surface area is 212 Å². The van der Waals surface area contributed by atoms with E-state index in [1.807, 2.05) is 47.4 Å². The molecule has 0 aromatic heterocycles. The van der Waals surface area contributed by atoms with E-state index in [-0.39, 0.29) is 29.7 Å². The van der Waals surface area contributed by atoms with E-state index in [0.717, 1.165) is 52.9 Å².